The van der Waals surface area contributed by atoms with Gasteiger partial charge in [0, 0.05) is 60.5 Å². The van der Waals surface area contributed by atoms with E-state index in [1.165, 1.54) is 36.9 Å². The first-order valence-corrected chi connectivity index (χ1v) is 18.3. The highest BCUT2D eigenvalue weighted by atomic mass is 32.1. The van der Waals surface area contributed by atoms with Crippen molar-refractivity contribution in [2.45, 2.75) is 0 Å². The Kier molecular flexibility index (Phi) is 6.42. The molecule has 0 aliphatic carbocycles. The van der Waals surface area contributed by atoms with Crippen molar-refractivity contribution in [2.24, 2.45) is 0 Å². The minimum atomic E-state index is 0.849. The molecule has 11 aromatic rings. The van der Waals surface area contributed by atoms with Gasteiger partial charge in [0.2, 0.25) is 0 Å². The number of anilines is 3. The monoisotopic (exact) mass is 683 g/mol. The molecule has 11 rings (SSSR count). The Morgan fingerprint density at radius 3 is 1.62 bits per heavy atom. The van der Waals surface area contributed by atoms with Crippen LogP contribution >= 0.6 is 11.3 Å². The minimum Gasteiger partial charge on any atom is -0.456 e. The highest BCUT2D eigenvalue weighted by Gasteiger charge is 2.22. The lowest BCUT2D eigenvalue weighted by molar-refractivity contribution is 0.669. The van der Waals surface area contributed by atoms with Crippen LogP contribution in [0.25, 0.3) is 86.3 Å². The Morgan fingerprint density at radius 1 is 0.346 bits per heavy atom. The molecule has 0 radical (unpaired) electrons. The van der Waals surface area contributed by atoms with E-state index >= 15 is 0 Å². The van der Waals surface area contributed by atoms with E-state index in [1.807, 2.05) is 29.5 Å². The molecule has 3 aromatic heterocycles. The predicted octanol–water partition coefficient (Wildman–Crippen LogP) is 14.7. The Bertz CT molecular complexity index is 3130. The topological polar surface area (TPSA) is 29.5 Å². The zero-order valence-electron chi connectivity index (χ0n) is 27.9. The van der Waals surface area contributed by atoms with Crippen LogP contribution in [0.2, 0.25) is 0 Å². The van der Waals surface area contributed by atoms with Gasteiger partial charge in [-0.25, -0.2) is 0 Å². The van der Waals surface area contributed by atoms with Gasteiger partial charge < -0.3 is 13.7 Å². The molecule has 0 aliphatic rings. The first-order chi connectivity index (χ1) is 25.8. The van der Waals surface area contributed by atoms with Gasteiger partial charge in [-0.2, -0.15) is 0 Å². The molecule has 0 atom stereocenters. The fourth-order valence-corrected chi connectivity index (χ4v) is 9.16. The van der Waals surface area contributed by atoms with Crippen molar-refractivity contribution in [1.29, 1.82) is 0 Å². The van der Waals surface area contributed by atoms with Gasteiger partial charge in [-0.05, 0) is 70.8 Å². The Morgan fingerprint density at radius 2 is 0.885 bits per heavy atom. The third-order valence-electron chi connectivity index (χ3n) is 10.3. The fourth-order valence-electron chi connectivity index (χ4n) is 7.82. The number of fused-ring (bicyclic) bond motifs is 9. The molecule has 0 aliphatic heterocycles. The average Bonchev–Trinajstić information content (AvgIpc) is 3.89. The number of nitrogens with zero attached hydrogens (tertiary/aromatic N) is 1. The lowest BCUT2D eigenvalue weighted by atomic mass is 10.0. The molecule has 3 heterocycles. The number of rotatable bonds is 5. The van der Waals surface area contributed by atoms with Crippen LogP contribution < -0.4 is 4.90 Å². The van der Waals surface area contributed by atoms with Gasteiger partial charge >= 0.3 is 0 Å². The summed E-state index contributed by atoms with van der Waals surface area (Å²) in [7, 11) is 0. The number of para-hydroxylation sites is 1. The maximum atomic E-state index is 6.64. The number of hydrogen-bond acceptors (Lipinski definition) is 4. The zero-order chi connectivity index (χ0) is 34.2. The third-order valence-corrected chi connectivity index (χ3v) is 11.5. The first-order valence-electron chi connectivity index (χ1n) is 17.5. The molecule has 244 valence electrons. The summed E-state index contributed by atoms with van der Waals surface area (Å²) >= 11 is 1.85. The van der Waals surface area contributed by atoms with Gasteiger partial charge in [-0.1, -0.05) is 115 Å². The van der Waals surface area contributed by atoms with Crippen molar-refractivity contribution in [3.8, 4) is 22.3 Å². The smallest absolute Gasteiger partial charge is 0.137 e. The van der Waals surface area contributed by atoms with E-state index < -0.39 is 0 Å². The van der Waals surface area contributed by atoms with Gasteiger partial charge in [0.25, 0.3) is 0 Å². The molecule has 4 heteroatoms. The summed E-state index contributed by atoms with van der Waals surface area (Å²) < 4.78 is 15.6. The molecule has 0 bridgehead atoms. The van der Waals surface area contributed by atoms with Crippen molar-refractivity contribution in [3.05, 3.63) is 176 Å². The van der Waals surface area contributed by atoms with Crippen LogP contribution in [0.3, 0.4) is 0 Å². The van der Waals surface area contributed by atoms with Gasteiger partial charge in [0.1, 0.15) is 22.3 Å². The third kappa shape index (κ3) is 4.51. The summed E-state index contributed by atoms with van der Waals surface area (Å²) in [5, 5.41) is 6.93. The molecule has 0 N–H and O–H groups in total. The van der Waals surface area contributed by atoms with Crippen LogP contribution in [-0.2, 0) is 0 Å². The number of furan rings is 2. The van der Waals surface area contributed by atoms with Crippen molar-refractivity contribution in [1.82, 2.24) is 0 Å². The molecule has 0 fully saturated rings. The van der Waals surface area contributed by atoms with E-state index in [1.54, 1.807) is 0 Å². The second kappa shape index (κ2) is 11.5. The van der Waals surface area contributed by atoms with Crippen LogP contribution in [0, 0.1) is 0 Å². The number of thiophene rings is 1. The van der Waals surface area contributed by atoms with E-state index in [0.717, 1.165) is 66.5 Å². The van der Waals surface area contributed by atoms with Gasteiger partial charge in [0.05, 0.1) is 10.4 Å². The maximum Gasteiger partial charge on any atom is 0.137 e. The Labute approximate surface area is 303 Å². The number of benzene rings is 8. The van der Waals surface area contributed by atoms with Crippen molar-refractivity contribution < 1.29 is 8.83 Å². The summed E-state index contributed by atoms with van der Waals surface area (Å²) in [5.41, 5.74) is 11.4. The molecule has 0 saturated carbocycles. The first kappa shape index (κ1) is 29.1. The zero-order valence-corrected chi connectivity index (χ0v) is 28.7. The highest BCUT2D eigenvalue weighted by molar-refractivity contribution is 7.27. The van der Waals surface area contributed by atoms with E-state index in [2.05, 4.69) is 163 Å². The Hall–Kier alpha value is -6.62. The predicted molar refractivity (Wildman–Crippen MR) is 219 cm³/mol. The largest absolute Gasteiger partial charge is 0.456 e. The molecular weight excluding hydrogens is 655 g/mol. The molecular formula is C48H29NO2S. The summed E-state index contributed by atoms with van der Waals surface area (Å²) in [5.74, 6) is 0. The molecule has 0 saturated heterocycles. The van der Waals surface area contributed by atoms with E-state index in [9.17, 15) is 0 Å². The maximum absolute atomic E-state index is 6.64. The lowest BCUT2D eigenvalue weighted by Crippen LogP contribution is -2.09. The molecule has 0 unspecified atom stereocenters. The fraction of sp³-hybridized carbons (Fsp3) is 0. The average molecular weight is 684 g/mol. The molecule has 3 nitrogen and oxygen atoms in total. The minimum absolute atomic E-state index is 0.849. The molecule has 0 amide bonds. The Balaban J connectivity index is 1.14. The highest BCUT2D eigenvalue weighted by Crippen LogP contribution is 2.48. The normalized spacial score (nSPS) is 11.8. The SMILES string of the molecule is c1ccc(-c2ccc3c(c2)oc2cc(N(c4ccc5c(c4)oc4ccccc45)c4cccc5c4sc4c(-c6ccccc6)cccc45)ccc23)cc1. The molecule has 0 spiro atoms. The summed E-state index contributed by atoms with van der Waals surface area (Å²) in [6.45, 7) is 0. The van der Waals surface area contributed by atoms with E-state index in [0.29, 0.717) is 0 Å². The summed E-state index contributed by atoms with van der Waals surface area (Å²) in [6.07, 6.45) is 0. The van der Waals surface area contributed by atoms with Crippen LogP contribution in [0.5, 0.6) is 0 Å². The standard InChI is InChI=1S/C48H29NO2S/c1-3-11-30(12-4-1)32-21-24-37-39-26-23-34(29-46(39)51-44(37)27-32)49(33-22-25-38-36-15-7-8-20-43(36)50-45(38)28-33)42-19-10-18-41-40-17-9-16-35(47(40)52-48(41)42)31-13-5-2-6-14-31/h1-29H. The van der Waals surface area contributed by atoms with Crippen molar-refractivity contribution >= 4 is 92.4 Å². The van der Waals surface area contributed by atoms with E-state index in [4.69, 9.17) is 8.83 Å². The summed E-state index contributed by atoms with van der Waals surface area (Å²) in [6, 6.07) is 62.4. The van der Waals surface area contributed by atoms with Gasteiger partial charge in [0.15, 0.2) is 0 Å². The quantitative estimate of drug-likeness (QED) is 0.181. The van der Waals surface area contributed by atoms with Crippen LogP contribution in [0.4, 0.5) is 17.1 Å². The number of hydrogen-bond donors (Lipinski definition) is 0. The van der Waals surface area contributed by atoms with E-state index in [-0.39, 0.29) is 0 Å². The molecule has 52 heavy (non-hydrogen) atoms. The van der Waals surface area contributed by atoms with Crippen LogP contribution in [0.1, 0.15) is 0 Å². The second-order valence-electron chi connectivity index (χ2n) is 13.3. The molecule has 8 aromatic carbocycles. The van der Waals surface area contributed by atoms with Crippen molar-refractivity contribution in [3.63, 3.8) is 0 Å². The summed E-state index contributed by atoms with van der Waals surface area (Å²) in [4.78, 5) is 2.36. The van der Waals surface area contributed by atoms with Gasteiger partial charge in [-0.15, -0.1) is 11.3 Å². The van der Waals surface area contributed by atoms with Crippen molar-refractivity contribution in [2.75, 3.05) is 4.90 Å². The van der Waals surface area contributed by atoms with Crippen LogP contribution in [-0.4, -0.2) is 0 Å². The second-order valence-corrected chi connectivity index (χ2v) is 14.3. The lowest BCUT2D eigenvalue weighted by Gasteiger charge is -2.26. The van der Waals surface area contributed by atoms with Gasteiger partial charge in [-0.3, -0.25) is 0 Å². The van der Waals surface area contributed by atoms with Crippen LogP contribution in [0.15, 0.2) is 185 Å².